The predicted octanol–water partition coefficient (Wildman–Crippen LogP) is 14.7. The highest BCUT2D eigenvalue weighted by Gasteiger charge is 2.49. The van der Waals surface area contributed by atoms with Crippen LogP contribution in [0.1, 0.15) is 22.3 Å². The maximum Gasteiger partial charge on any atom is 0.167 e. The number of fused-ring (bicyclic) bond motifs is 18. The van der Waals surface area contributed by atoms with Crippen molar-refractivity contribution in [3.63, 3.8) is 0 Å². The second-order valence-electron chi connectivity index (χ2n) is 16.6. The molecule has 3 aromatic heterocycles. The molecule has 5 nitrogen and oxygen atoms in total. The number of hydrogen-bond acceptors (Lipinski definition) is 5. The molecule has 3 heterocycles. The molecule has 0 saturated heterocycles. The number of hydrogen-bond donors (Lipinski definition) is 0. The van der Waals surface area contributed by atoms with Gasteiger partial charge in [0.1, 0.15) is 22.3 Å². The summed E-state index contributed by atoms with van der Waals surface area (Å²) in [7, 11) is 0. The molecule has 0 aliphatic heterocycles. The Balaban J connectivity index is 1.05. The average Bonchev–Trinajstić information content (AvgIpc) is 4.00. The fourth-order valence-corrected chi connectivity index (χ4v) is 10.7. The topological polar surface area (TPSA) is 65.0 Å². The molecule has 63 heavy (non-hydrogen) atoms. The standard InChI is InChI=1S/C58H33N3O2/c1-2-15-37-36(14-1)38-16-3-8-23-47(38)58(48-24-9-4-17-39(48)40-18-5-10-25-49(40)58)50-30-28-34(32-45(37)50)55-59-56(35-29-31-53-46(33-35)42-20-7-11-26-51(42)62-53)61-57(60-55)44-22-13-21-43-41-19-6-12-27-52(41)63-54(43)44/h1-33H. The van der Waals surface area contributed by atoms with Crippen molar-refractivity contribution >= 4 is 43.9 Å². The van der Waals surface area contributed by atoms with Gasteiger partial charge in [0.25, 0.3) is 0 Å². The minimum Gasteiger partial charge on any atom is -0.456 e. The first kappa shape index (κ1) is 34.3. The Morgan fingerprint density at radius 1 is 0.286 bits per heavy atom. The van der Waals surface area contributed by atoms with Crippen LogP contribution in [-0.4, -0.2) is 15.0 Å². The first-order valence-electron chi connectivity index (χ1n) is 21.3. The molecule has 9 aromatic carbocycles. The highest BCUT2D eigenvalue weighted by Crippen LogP contribution is 2.61. The summed E-state index contributed by atoms with van der Waals surface area (Å²) in [6.45, 7) is 0. The van der Waals surface area contributed by atoms with Crippen LogP contribution < -0.4 is 0 Å². The molecule has 2 aliphatic rings. The Morgan fingerprint density at radius 2 is 0.730 bits per heavy atom. The van der Waals surface area contributed by atoms with Crippen LogP contribution >= 0.6 is 0 Å². The molecule has 2 aliphatic carbocycles. The van der Waals surface area contributed by atoms with E-state index in [1.165, 1.54) is 50.1 Å². The van der Waals surface area contributed by atoms with E-state index in [1.807, 2.05) is 54.6 Å². The number of rotatable bonds is 3. The lowest BCUT2D eigenvalue weighted by molar-refractivity contribution is 0.669. The lowest BCUT2D eigenvalue weighted by atomic mass is 9.66. The van der Waals surface area contributed by atoms with Crippen LogP contribution in [0, 0.1) is 0 Å². The van der Waals surface area contributed by atoms with Crippen molar-refractivity contribution in [3.8, 4) is 67.5 Å². The normalized spacial score (nSPS) is 13.2. The van der Waals surface area contributed by atoms with Crippen LogP contribution in [0.5, 0.6) is 0 Å². The highest BCUT2D eigenvalue weighted by molar-refractivity contribution is 6.09. The maximum absolute atomic E-state index is 6.58. The average molecular weight is 804 g/mol. The van der Waals surface area contributed by atoms with Gasteiger partial charge < -0.3 is 8.83 Å². The summed E-state index contributed by atoms with van der Waals surface area (Å²) in [6, 6.07) is 71.2. The number of furan rings is 2. The molecule has 292 valence electrons. The molecule has 0 atom stereocenters. The van der Waals surface area contributed by atoms with Gasteiger partial charge in [-0.3, -0.25) is 0 Å². The molecule has 0 unspecified atom stereocenters. The molecule has 0 radical (unpaired) electrons. The van der Waals surface area contributed by atoms with E-state index in [9.17, 15) is 0 Å². The van der Waals surface area contributed by atoms with Crippen LogP contribution in [0.4, 0.5) is 0 Å². The molecule has 0 N–H and O–H groups in total. The van der Waals surface area contributed by atoms with Gasteiger partial charge in [0.15, 0.2) is 17.5 Å². The number of para-hydroxylation sites is 3. The molecule has 0 bridgehead atoms. The van der Waals surface area contributed by atoms with Gasteiger partial charge in [-0.2, -0.15) is 0 Å². The Bertz CT molecular complexity index is 3850. The van der Waals surface area contributed by atoms with Gasteiger partial charge >= 0.3 is 0 Å². The molecule has 5 heteroatoms. The van der Waals surface area contributed by atoms with Gasteiger partial charge in [-0.25, -0.2) is 15.0 Å². The lowest BCUT2D eigenvalue weighted by Gasteiger charge is -2.35. The Labute approximate surface area is 361 Å². The van der Waals surface area contributed by atoms with Crippen molar-refractivity contribution in [2.24, 2.45) is 0 Å². The summed E-state index contributed by atoms with van der Waals surface area (Å²) in [5, 5.41) is 4.12. The van der Waals surface area contributed by atoms with E-state index in [-0.39, 0.29) is 0 Å². The zero-order valence-corrected chi connectivity index (χ0v) is 33.7. The van der Waals surface area contributed by atoms with Gasteiger partial charge in [-0.15, -0.1) is 0 Å². The van der Waals surface area contributed by atoms with Crippen molar-refractivity contribution in [1.82, 2.24) is 15.0 Å². The maximum atomic E-state index is 6.58. The lowest BCUT2D eigenvalue weighted by Crippen LogP contribution is -2.29. The predicted molar refractivity (Wildman–Crippen MR) is 252 cm³/mol. The van der Waals surface area contributed by atoms with Gasteiger partial charge in [-0.1, -0.05) is 158 Å². The van der Waals surface area contributed by atoms with E-state index in [4.69, 9.17) is 23.8 Å². The van der Waals surface area contributed by atoms with E-state index < -0.39 is 5.41 Å². The van der Waals surface area contributed by atoms with E-state index >= 15 is 0 Å². The molecule has 12 aromatic rings. The van der Waals surface area contributed by atoms with Crippen molar-refractivity contribution < 1.29 is 8.83 Å². The Hall–Kier alpha value is -8.41. The minimum absolute atomic E-state index is 0.537. The van der Waals surface area contributed by atoms with Crippen molar-refractivity contribution in [2.45, 2.75) is 5.41 Å². The molecular formula is C58H33N3O2. The number of aromatic nitrogens is 3. The Morgan fingerprint density at radius 3 is 1.41 bits per heavy atom. The van der Waals surface area contributed by atoms with Crippen molar-refractivity contribution in [2.75, 3.05) is 0 Å². The highest BCUT2D eigenvalue weighted by atomic mass is 16.3. The largest absolute Gasteiger partial charge is 0.456 e. The molecule has 1 spiro atoms. The first-order chi connectivity index (χ1) is 31.2. The molecule has 0 amide bonds. The SMILES string of the molecule is c1ccc2c(c1)-c1ccccc1C1(c3ccc(-c4nc(-c5ccc6oc7ccccc7c6c5)nc(-c5cccc6c5oc5ccccc56)n4)cc3-2)c2ccccc2-c2ccccc21. The van der Waals surface area contributed by atoms with Crippen LogP contribution in [0.15, 0.2) is 209 Å². The van der Waals surface area contributed by atoms with Crippen LogP contribution in [0.3, 0.4) is 0 Å². The molecular weight excluding hydrogens is 771 g/mol. The van der Waals surface area contributed by atoms with Crippen LogP contribution in [0.2, 0.25) is 0 Å². The number of nitrogens with zero attached hydrogens (tertiary/aromatic N) is 3. The Kier molecular flexibility index (Phi) is 6.97. The monoisotopic (exact) mass is 803 g/mol. The minimum atomic E-state index is -0.578. The van der Waals surface area contributed by atoms with Gasteiger partial charge in [-0.05, 0) is 98.1 Å². The first-order valence-corrected chi connectivity index (χ1v) is 21.3. The van der Waals surface area contributed by atoms with E-state index in [0.29, 0.717) is 17.5 Å². The molecule has 14 rings (SSSR count). The van der Waals surface area contributed by atoms with E-state index in [1.54, 1.807) is 0 Å². The van der Waals surface area contributed by atoms with E-state index in [0.717, 1.165) is 66.1 Å². The molecule has 0 fully saturated rings. The second-order valence-corrected chi connectivity index (χ2v) is 16.6. The van der Waals surface area contributed by atoms with Gasteiger partial charge in [0.2, 0.25) is 0 Å². The summed E-state index contributed by atoms with van der Waals surface area (Å²) in [5.41, 5.74) is 17.5. The van der Waals surface area contributed by atoms with E-state index in [2.05, 4.69) is 146 Å². The van der Waals surface area contributed by atoms with Gasteiger partial charge in [0.05, 0.1) is 11.0 Å². The molecule has 0 saturated carbocycles. The third-order valence-corrected chi connectivity index (χ3v) is 13.4. The second kappa shape index (κ2) is 12.8. The summed E-state index contributed by atoms with van der Waals surface area (Å²) < 4.78 is 12.8. The fourth-order valence-electron chi connectivity index (χ4n) is 10.7. The van der Waals surface area contributed by atoms with Crippen molar-refractivity contribution in [1.29, 1.82) is 0 Å². The van der Waals surface area contributed by atoms with Gasteiger partial charge in [0, 0.05) is 32.7 Å². The third kappa shape index (κ3) is 4.73. The number of benzene rings is 9. The van der Waals surface area contributed by atoms with Crippen LogP contribution in [0.25, 0.3) is 111 Å². The van der Waals surface area contributed by atoms with Crippen LogP contribution in [-0.2, 0) is 5.41 Å². The fraction of sp³-hybridized carbons (Fsp3) is 0.0172. The smallest absolute Gasteiger partial charge is 0.167 e. The zero-order chi connectivity index (χ0) is 41.2. The summed E-state index contributed by atoms with van der Waals surface area (Å²) in [6.07, 6.45) is 0. The quantitative estimate of drug-likeness (QED) is 0.178. The zero-order valence-electron chi connectivity index (χ0n) is 33.7. The van der Waals surface area contributed by atoms with Crippen molar-refractivity contribution in [3.05, 3.63) is 222 Å². The summed E-state index contributed by atoms with van der Waals surface area (Å²) in [4.78, 5) is 15.9. The third-order valence-electron chi connectivity index (χ3n) is 13.4. The summed E-state index contributed by atoms with van der Waals surface area (Å²) >= 11 is 0. The summed E-state index contributed by atoms with van der Waals surface area (Å²) in [5.74, 6) is 1.67.